The lowest BCUT2D eigenvalue weighted by Crippen LogP contribution is -2.38. The molecule has 2 N–H and O–H groups in total. The van der Waals surface area contributed by atoms with Gasteiger partial charge in [-0.15, -0.1) is 0 Å². The van der Waals surface area contributed by atoms with Crippen LogP contribution in [0.3, 0.4) is 0 Å². The fourth-order valence-corrected chi connectivity index (χ4v) is 0.728. The van der Waals surface area contributed by atoms with Crippen LogP contribution in [-0.2, 0) is 4.74 Å². The number of allylic oxidation sites excluding steroid dienone is 1. The van der Waals surface area contributed by atoms with Crippen LogP contribution >= 0.6 is 0 Å². The molecule has 0 amide bonds. The molecule has 60 valence electrons. The van der Waals surface area contributed by atoms with E-state index in [1.54, 1.807) is 7.11 Å². The summed E-state index contributed by atoms with van der Waals surface area (Å²) in [5.41, 5.74) is 6.48. The van der Waals surface area contributed by atoms with E-state index in [9.17, 15) is 0 Å². The Bertz CT molecular complexity index is 127. The number of hydrogen-bond acceptors (Lipinski definition) is 2. The minimum atomic E-state index is -0.503. The largest absolute Gasteiger partial charge is 0.364 e. The second-order valence-corrected chi connectivity index (χ2v) is 2.83. The molecule has 0 saturated heterocycles. The van der Waals surface area contributed by atoms with Crippen LogP contribution in [0.4, 0.5) is 0 Å². The van der Waals surface area contributed by atoms with Gasteiger partial charge in [-0.1, -0.05) is 11.6 Å². The Hall–Kier alpha value is -0.340. The number of rotatable bonds is 3. The molecule has 0 aromatic carbocycles. The molecule has 0 aliphatic heterocycles. The minimum Gasteiger partial charge on any atom is -0.364 e. The van der Waals surface area contributed by atoms with Crippen LogP contribution in [0.1, 0.15) is 27.2 Å². The lowest BCUT2D eigenvalue weighted by Gasteiger charge is -2.22. The molecule has 0 spiro atoms. The van der Waals surface area contributed by atoms with Gasteiger partial charge in [0.15, 0.2) is 0 Å². The predicted molar refractivity (Wildman–Crippen MR) is 43.6 cm³/mol. The van der Waals surface area contributed by atoms with E-state index in [-0.39, 0.29) is 0 Å². The molecule has 0 heterocycles. The molecule has 0 aliphatic rings. The molecule has 1 unspecified atom stereocenters. The lowest BCUT2D eigenvalue weighted by atomic mass is 10.1. The molecule has 2 heteroatoms. The molecule has 0 saturated carbocycles. The van der Waals surface area contributed by atoms with Gasteiger partial charge in [-0.3, -0.25) is 0 Å². The van der Waals surface area contributed by atoms with Crippen molar-refractivity contribution in [2.45, 2.75) is 32.9 Å². The van der Waals surface area contributed by atoms with Crippen molar-refractivity contribution < 1.29 is 4.74 Å². The van der Waals surface area contributed by atoms with E-state index in [0.29, 0.717) is 0 Å². The van der Waals surface area contributed by atoms with E-state index in [1.807, 2.05) is 26.8 Å². The molecule has 0 aromatic heterocycles. The molecule has 0 fully saturated rings. The zero-order chi connectivity index (χ0) is 8.20. The Kier molecular flexibility index (Phi) is 3.61. The van der Waals surface area contributed by atoms with E-state index in [4.69, 9.17) is 10.5 Å². The maximum Gasteiger partial charge on any atom is 0.117 e. The standard InChI is InChI=1S/C8H17NO/c1-5-7(2)6-8(3,9)10-4/h5H,6,9H2,1-4H3/b7-5+. The normalized spacial score (nSPS) is 18.7. The Morgan fingerprint density at radius 1 is 1.70 bits per heavy atom. The molecule has 0 aromatic rings. The van der Waals surface area contributed by atoms with Gasteiger partial charge in [0, 0.05) is 13.5 Å². The van der Waals surface area contributed by atoms with Crippen molar-refractivity contribution in [1.29, 1.82) is 0 Å². The summed E-state index contributed by atoms with van der Waals surface area (Å²) >= 11 is 0. The van der Waals surface area contributed by atoms with E-state index in [0.717, 1.165) is 6.42 Å². The molecule has 0 aliphatic carbocycles. The fourth-order valence-electron chi connectivity index (χ4n) is 0.728. The van der Waals surface area contributed by atoms with Crippen LogP contribution in [0.2, 0.25) is 0 Å². The monoisotopic (exact) mass is 143 g/mol. The Morgan fingerprint density at radius 3 is 2.50 bits per heavy atom. The minimum absolute atomic E-state index is 0.503. The number of methoxy groups -OCH3 is 1. The maximum absolute atomic E-state index is 5.73. The highest BCUT2D eigenvalue weighted by atomic mass is 16.5. The molecule has 0 rings (SSSR count). The summed E-state index contributed by atoms with van der Waals surface area (Å²) in [7, 11) is 1.63. The SMILES string of the molecule is C/C=C(\C)CC(C)(N)OC. The fraction of sp³-hybridized carbons (Fsp3) is 0.750. The Balaban J connectivity index is 3.88. The van der Waals surface area contributed by atoms with Crippen LogP contribution in [0.5, 0.6) is 0 Å². The molecular weight excluding hydrogens is 126 g/mol. The average molecular weight is 143 g/mol. The summed E-state index contributed by atoms with van der Waals surface area (Å²) in [6.45, 7) is 5.92. The van der Waals surface area contributed by atoms with Crippen molar-refractivity contribution in [1.82, 2.24) is 0 Å². The van der Waals surface area contributed by atoms with Crippen molar-refractivity contribution in [3.8, 4) is 0 Å². The molecule has 1 atom stereocenters. The van der Waals surface area contributed by atoms with Gasteiger partial charge < -0.3 is 10.5 Å². The highest BCUT2D eigenvalue weighted by Crippen LogP contribution is 2.12. The quantitative estimate of drug-likeness (QED) is 0.481. The first-order valence-corrected chi connectivity index (χ1v) is 3.47. The third-order valence-electron chi connectivity index (χ3n) is 1.59. The average Bonchev–Trinajstić information content (AvgIpc) is 1.87. The topological polar surface area (TPSA) is 35.2 Å². The van der Waals surface area contributed by atoms with Crippen molar-refractivity contribution >= 4 is 0 Å². The van der Waals surface area contributed by atoms with Crippen molar-refractivity contribution in [3.05, 3.63) is 11.6 Å². The molecule has 2 nitrogen and oxygen atoms in total. The highest BCUT2D eigenvalue weighted by Gasteiger charge is 2.16. The first-order chi connectivity index (χ1) is 4.52. The highest BCUT2D eigenvalue weighted by molar-refractivity contribution is 4.99. The molecule has 10 heavy (non-hydrogen) atoms. The maximum atomic E-state index is 5.73. The van der Waals surface area contributed by atoms with E-state index in [1.165, 1.54) is 5.57 Å². The summed E-state index contributed by atoms with van der Waals surface area (Å²) < 4.78 is 5.05. The third-order valence-corrected chi connectivity index (χ3v) is 1.59. The van der Waals surface area contributed by atoms with Crippen molar-refractivity contribution in [2.75, 3.05) is 7.11 Å². The number of hydrogen-bond donors (Lipinski definition) is 1. The van der Waals surface area contributed by atoms with Crippen LogP contribution in [0.15, 0.2) is 11.6 Å². The van der Waals surface area contributed by atoms with Crippen molar-refractivity contribution in [3.63, 3.8) is 0 Å². The van der Waals surface area contributed by atoms with E-state index in [2.05, 4.69) is 0 Å². The Morgan fingerprint density at radius 2 is 2.20 bits per heavy atom. The van der Waals surface area contributed by atoms with Gasteiger partial charge in [0.1, 0.15) is 5.72 Å². The summed E-state index contributed by atoms with van der Waals surface area (Å²) in [5, 5.41) is 0. The van der Waals surface area contributed by atoms with Gasteiger partial charge in [-0.05, 0) is 20.8 Å². The van der Waals surface area contributed by atoms with Crippen LogP contribution in [-0.4, -0.2) is 12.8 Å². The van der Waals surface area contributed by atoms with Gasteiger partial charge in [-0.25, -0.2) is 0 Å². The van der Waals surface area contributed by atoms with Gasteiger partial charge in [0.05, 0.1) is 0 Å². The zero-order valence-electron chi connectivity index (χ0n) is 7.27. The summed E-state index contributed by atoms with van der Waals surface area (Å²) in [5.74, 6) is 0. The predicted octanol–water partition coefficient (Wildman–Crippen LogP) is 1.66. The van der Waals surface area contributed by atoms with Crippen LogP contribution < -0.4 is 5.73 Å². The lowest BCUT2D eigenvalue weighted by molar-refractivity contribution is 0.0121. The van der Waals surface area contributed by atoms with Crippen LogP contribution in [0.25, 0.3) is 0 Å². The van der Waals surface area contributed by atoms with Crippen LogP contribution in [0, 0.1) is 0 Å². The van der Waals surface area contributed by atoms with E-state index >= 15 is 0 Å². The molecular formula is C8H17NO. The van der Waals surface area contributed by atoms with Gasteiger partial charge in [0.25, 0.3) is 0 Å². The summed E-state index contributed by atoms with van der Waals surface area (Å²) in [6.07, 6.45) is 2.84. The van der Waals surface area contributed by atoms with Gasteiger partial charge in [-0.2, -0.15) is 0 Å². The van der Waals surface area contributed by atoms with Crippen molar-refractivity contribution in [2.24, 2.45) is 5.73 Å². The van der Waals surface area contributed by atoms with Gasteiger partial charge in [0.2, 0.25) is 0 Å². The summed E-state index contributed by atoms with van der Waals surface area (Å²) in [4.78, 5) is 0. The number of ether oxygens (including phenoxy) is 1. The summed E-state index contributed by atoms with van der Waals surface area (Å²) in [6, 6.07) is 0. The van der Waals surface area contributed by atoms with E-state index < -0.39 is 5.72 Å². The molecule has 0 radical (unpaired) electrons. The number of nitrogens with two attached hydrogens (primary N) is 1. The molecule has 0 bridgehead atoms. The zero-order valence-corrected chi connectivity index (χ0v) is 7.27. The first-order valence-electron chi connectivity index (χ1n) is 3.47. The second kappa shape index (κ2) is 3.74. The smallest absolute Gasteiger partial charge is 0.117 e. The van der Waals surface area contributed by atoms with Gasteiger partial charge >= 0.3 is 0 Å². The first kappa shape index (κ1) is 9.66. The third kappa shape index (κ3) is 3.64. The second-order valence-electron chi connectivity index (χ2n) is 2.83. The Labute approximate surface area is 63.1 Å².